The van der Waals surface area contributed by atoms with E-state index < -0.39 is 29.7 Å². The molecule has 0 aromatic carbocycles. The van der Waals surface area contributed by atoms with Crippen LogP contribution in [-0.4, -0.2) is 50.0 Å². The molecule has 0 spiro atoms. The number of aliphatic imine (C=N–C) groups is 1. The fourth-order valence-electron chi connectivity index (χ4n) is 5.99. The molecule has 2 aromatic heterocycles. The maximum Gasteiger partial charge on any atom is 0.308 e. The molecule has 4 saturated carbocycles. The lowest BCUT2D eigenvalue weighted by atomic mass is 9.61. The number of halogens is 2. The summed E-state index contributed by atoms with van der Waals surface area (Å²) in [7, 11) is 1.71. The molecule has 10 heteroatoms. The summed E-state index contributed by atoms with van der Waals surface area (Å²) in [6, 6.07) is 1.01. The zero-order chi connectivity index (χ0) is 22.9. The number of aromatic nitrogens is 3. The molecule has 2 bridgehead atoms. The third-order valence-electron chi connectivity index (χ3n) is 7.84. The van der Waals surface area contributed by atoms with Crippen LogP contribution in [0, 0.1) is 29.5 Å². The Bertz CT molecular complexity index is 1180. The van der Waals surface area contributed by atoms with Crippen molar-refractivity contribution in [3.8, 4) is 0 Å². The molecule has 7 rings (SSSR count). The molecule has 8 nitrogen and oxygen atoms in total. The molecule has 33 heavy (non-hydrogen) atoms. The highest BCUT2D eigenvalue weighted by Crippen LogP contribution is 2.47. The van der Waals surface area contributed by atoms with E-state index in [1.54, 1.807) is 11.9 Å². The first kappa shape index (κ1) is 20.6. The van der Waals surface area contributed by atoms with Crippen LogP contribution in [0.3, 0.4) is 0 Å². The molecule has 3 atom stereocenters. The van der Waals surface area contributed by atoms with E-state index in [1.165, 1.54) is 6.07 Å². The normalized spacial score (nSPS) is 31.8. The first-order valence-electron chi connectivity index (χ1n) is 11.6. The predicted octanol–water partition coefficient (Wildman–Crippen LogP) is 3.51. The molecule has 1 unspecified atom stereocenters. The van der Waals surface area contributed by atoms with Crippen LogP contribution in [0.5, 0.6) is 0 Å². The summed E-state index contributed by atoms with van der Waals surface area (Å²) < 4.78 is 29.7. The van der Waals surface area contributed by atoms with Crippen molar-refractivity contribution in [1.82, 2.24) is 25.4 Å². The summed E-state index contributed by atoms with van der Waals surface area (Å²) in [6.45, 7) is 0. The zero-order valence-corrected chi connectivity index (χ0v) is 18.3. The van der Waals surface area contributed by atoms with E-state index in [2.05, 4.69) is 20.5 Å². The predicted molar refractivity (Wildman–Crippen MR) is 116 cm³/mol. The second-order valence-corrected chi connectivity index (χ2v) is 9.80. The number of carboxylic acids is 1. The lowest BCUT2D eigenvalue weighted by molar-refractivity contribution is -0.149. The highest BCUT2D eigenvalue weighted by atomic mass is 19.1. The minimum atomic E-state index is -0.825. The number of carbonyl (C=O) groups is 1. The van der Waals surface area contributed by atoms with E-state index in [0.29, 0.717) is 22.4 Å². The van der Waals surface area contributed by atoms with Gasteiger partial charge in [-0.2, -0.15) is 5.10 Å². The number of allylic oxidation sites excluding steroid dienone is 1. The van der Waals surface area contributed by atoms with Crippen LogP contribution < -0.4 is 5.32 Å². The maximum atomic E-state index is 15.8. The van der Waals surface area contributed by atoms with Gasteiger partial charge in [-0.15, -0.1) is 0 Å². The molecule has 174 valence electrons. The summed E-state index contributed by atoms with van der Waals surface area (Å²) in [5.74, 6) is -1.69. The Hall–Kier alpha value is -3.04. The average Bonchev–Trinajstić information content (AvgIpc) is 3.57. The van der Waals surface area contributed by atoms with Crippen molar-refractivity contribution in [1.29, 1.82) is 0 Å². The number of aliphatic carboxylic acids is 1. The van der Waals surface area contributed by atoms with Crippen molar-refractivity contribution in [3.63, 3.8) is 0 Å². The number of hydrogen-bond donors (Lipinski definition) is 3. The minimum Gasteiger partial charge on any atom is -0.481 e. The summed E-state index contributed by atoms with van der Waals surface area (Å²) >= 11 is 0. The number of nitrogens with zero attached hydrogens (tertiary/aromatic N) is 4. The molecule has 3 N–H and O–H groups in total. The lowest BCUT2D eigenvalue weighted by Gasteiger charge is -2.48. The summed E-state index contributed by atoms with van der Waals surface area (Å²) in [6.07, 6.45) is 5.88. The molecule has 2 aromatic rings. The van der Waals surface area contributed by atoms with Crippen molar-refractivity contribution in [2.75, 3.05) is 7.05 Å². The van der Waals surface area contributed by atoms with Crippen LogP contribution in [0.1, 0.15) is 50.4 Å². The van der Waals surface area contributed by atoms with E-state index in [9.17, 15) is 14.3 Å². The number of nitrogens with one attached hydrogen (secondary N) is 2. The first-order valence-corrected chi connectivity index (χ1v) is 11.6. The molecule has 4 fully saturated rings. The highest BCUT2D eigenvalue weighted by molar-refractivity contribution is 6.02. The van der Waals surface area contributed by atoms with E-state index in [4.69, 9.17) is 4.99 Å². The average molecular weight is 456 g/mol. The van der Waals surface area contributed by atoms with Crippen LogP contribution in [0.2, 0.25) is 0 Å². The van der Waals surface area contributed by atoms with E-state index in [-0.39, 0.29) is 29.6 Å². The summed E-state index contributed by atoms with van der Waals surface area (Å²) in [4.78, 5) is 22.5. The van der Waals surface area contributed by atoms with E-state index in [1.807, 2.05) is 0 Å². The van der Waals surface area contributed by atoms with Gasteiger partial charge < -0.3 is 15.3 Å². The van der Waals surface area contributed by atoms with Gasteiger partial charge in [-0.1, -0.05) is 0 Å². The molecule has 0 radical (unpaired) electrons. The number of carboxylic acid groups (broad SMARTS) is 1. The van der Waals surface area contributed by atoms with Crippen molar-refractivity contribution >= 4 is 22.7 Å². The second kappa shape index (κ2) is 7.50. The van der Waals surface area contributed by atoms with Crippen molar-refractivity contribution in [2.45, 2.75) is 50.7 Å². The topological polar surface area (TPSA) is 107 Å². The Kier molecular flexibility index (Phi) is 4.67. The fraction of sp³-hybridized carbons (Fsp3) is 0.565. The van der Waals surface area contributed by atoms with E-state index >= 15 is 4.39 Å². The van der Waals surface area contributed by atoms with Crippen LogP contribution in [0.4, 0.5) is 8.78 Å². The van der Waals surface area contributed by atoms with Gasteiger partial charge in [0, 0.05) is 24.4 Å². The third kappa shape index (κ3) is 3.29. The molecular formula is C23H26F2N6O2. The standard InChI is InChI=1S/C23H26F2N6O2/c1-31-21(27-17-11-4-2-10(3-5-11)15(17)23(32)33)16(25)18(12-6-7-12)28-22(31)19-14-8-13(24)9-26-20(14)30-29-19/h8-12,15,17,22,27H,2-7H2,1H3,(H,32,33)(H,26,29,30)/t10?,11?,15-,17-,22?/m0/s1. The fourth-order valence-corrected chi connectivity index (χ4v) is 5.99. The number of pyridine rings is 1. The third-order valence-corrected chi connectivity index (χ3v) is 7.84. The largest absolute Gasteiger partial charge is 0.481 e. The van der Waals surface area contributed by atoms with Crippen LogP contribution in [0.25, 0.3) is 11.0 Å². The van der Waals surface area contributed by atoms with Gasteiger partial charge in [0.2, 0.25) is 0 Å². The van der Waals surface area contributed by atoms with Crippen LogP contribution in [-0.2, 0) is 4.79 Å². The van der Waals surface area contributed by atoms with Crippen LogP contribution in [0.15, 0.2) is 28.9 Å². The SMILES string of the molecule is CN1C(N[C@H]2C3CCC(CC3)[C@@H]2C(=O)O)=C(F)C(C2CC2)=NC1c1n[nH]c2ncc(F)cc12. The monoisotopic (exact) mass is 456 g/mol. The molecule has 1 aliphatic heterocycles. The van der Waals surface area contributed by atoms with Gasteiger partial charge >= 0.3 is 5.97 Å². The first-order chi connectivity index (χ1) is 15.9. The van der Waals surface area contributed by atoms with Crippen molar-refractivity contribution < 1.29 is 18.7 Å². The molecule has 5 aliphatic rings. The summed E-state index contributed by atoms with van der Waals surface area (Å²) in [5, 5.41) is 20.9. The smallest absolute Gasteiger partial charge is 0.308 e. The minimum absolute atomic E-state index is 0.0381. The Balaban J connectivity index is 1.40. The molecule has 4 aliphatic carbocycles. The molecular weight excluding hydrogens is 430 g/mol. The molecule has 0 amide bonds. The van der Waals surface area contributed by atoms with Crippen LogP contribution >= 0.6 is 0 Å². The lowest BCUT2D eigenvalue weighted by Crippen LogP contribution is -2.56. The summed E-state index contributed by atoms with van der Waals surface area (Å²) in [5.41, 5.74) is 1.28. The number of fused-ring (bicyclic) bond motifs is 4. The van der Waals surface area contributed by atoms with Gasteiger partial charge in [0.1, 0.15) is 17.3 Å². The van der Waals surface area contributed by atoms with Gasteiger partial charge in [0.25, 0.3) is 0 Å². The van der Waals surface area contributed by atoms with Gasteiger partial charge in [0.15, 0.2) is 17.6 Å². The molecule has 0 saturated heterocycles. The second-order valence-electron chi connectivity index (χ2n) is 9.80. The number of aromatic amines is 1. The molecule has 3 heterocycles. The van der Waals surface area contributed by atoms with Gasteiger partial charge in [-0.05, 0) is 56.4 Å². The van der Waals surface area contributed by atoms with Crippen molar-refractivity contribution in [3.05, 3.63) is 35.4 Å². The Morgan fingerprint density at radius 1 is 1.18 bits per heavy atom. The van der Waals surface area contributed by atoms with Gasteiger partial charge in [0.05, 0.1) is 17.8 Å². The number of hydrogen-bond acceptors (Lipinski definition) is 6. The van der Waals surface area contributed by atoms with Gasteiger partial charge in [-0.3, -0.25) is 14.9 Å². The maximum absolute atomic E-state index is 15.8. The Labute approximate surface area is 189 Å². The number of H-pyrrole nitrogens is 1. The zero-order valence-electron chi connectivity index (χ0n) is 18.3. The van der Waals surface area contributed by atoms with Crippen molar-refractivity contribution in [2.24, 2.45) is 28.7 Å². The highest BCUT2D eigenvalue weighted by Gasteiger charge is 2.49. The van der Waals surface area contributed by atoms with E-state index in [0.717, 1.165) is 44.7 Å². The number of rotatable bonds is 5. The Morgan fingerprint density at radius 3 is 2.61 bits per heavy atom. The Morgan fingerprint density at radius 2 is 1.91 bits per heavy atom. The quantitative estimate of drug-likeness (QED) is 0.636. The van der Waals surface area contributed by atoms with Gasteiger partial charge in [-0.25, -0.2) is 13.8 Å².